The van der Waals surface area contributed by atoms with Crippen LogP contribution < -0.4 is 5.32 Å². The first kappa shape index (κ1) is 21.0. The number of carbonyl (C=O) groups excluding carboxylic acids is 1. The average Bonchev–Trinajstić information content (AvgIpc) is 3.40. The summed E-state index contributed by atoms with van der Waals surface area (Å²) in [4.78, 5) is 26.7. The Morgan fingerprint density at radius 1 is 1.06 bits per heavy atom. The van der Waals surface area contributed by atoms with Crippen LogP contribution in [0.2, 0.25) is 0 Å². The summed E-state index contributed by atoms with van der Waals surface area (Å²) in [7, 11) is 0. The molecule has 1 aliphatic heterocycles. The zero-order chi connectivity index (χ0) is 22.5. The maximum atomic E-state index is 12.7. The van der Waals surface area contributed by atoms with E-state index in [9.17, 15) is 4.79 Å². The first-order valence-corrected chi connectivity index (χ1v) is 11.2. The molecule has 0 radical (unpaired) electrons. The van der Waals surface area contributed by atoms with Gasteiger partial charge in [0.2, 0.25) is 0 Å². The van der Waals surface area contributed by atoms with E-state index in [0.717, 1.165) is 47.4 Å². The molecule has 1 amide bonds. The molecule has 0 fully saturated rings. The number of amides is 1. The zero-order valence-electron chi connectivity index (χ0n) is 18.3. The molecule has 5 rings (SSSR count). The number of imidazole rings is 1. The van der Waals surface area contributed by atoms with Gasteiger partial charge in [0.05, 0.1) is 42.0 Å². The predicted molar refractivity (Wildman–Crippen MR) is 128 cm³/mol. The highest BCUT2D eigenvalue weighted by Crippen LogP contribution is 2.31. The molecule has 3 heterocycles. The van der Waals surface area contributed by atoms with Crippen LogP contribution in [0.15, 0.2) is 73.3 Å². The van der Waals surface area contributed by atoms with Gasteiger partial charge in [-0.3, -0.25) is 4.79 Å². The molecule has 166 valence electrons. The second kappa shape index (κ2) is 9.75. The number of hydrogen-bond acceptors (Lipinski definition) is 5. The van der Waals surface area contributed by atoms with E-state index in [1.54, 1.807) is 12.5 Å². The van der Waals surface area contributed by atoms with Gasteiger partial charge in [0.1, 0.15) is 0 Å². The predicted octanol–water partition coefficient (Wildman–Crippen LogP) is 4.12. The minimum atomic E-state index is -0.109. The maximum absolute atomic E-state index is 12.7. The van der Waals surface area contributed by atoms with Gasteiger partial charge in [0.15, 0.2) is 0 Å². The number of carbonyl (C=O) groups is 1. The summed E-state index contributed by atoms with van der Waals surface area (Å²) in [6.45, 7) is 2.67. The molecular formula is C26H25N5O2. The average molecular weight is 440 g/mol. The maximum Gasteiger partial charge on any atom is 0.251 e. The molecule has 0 unspecified atom stereocenters. The molecule has 1 N–H and O–H groups in total. The number of aromatic nitrogens is 4. The summed E-state index contributed by atoms with van der Waals surface area (Å²) in [6, 6.07) is 15.6. The van der Waals surface area contributed by atoms with Crippen molar-refractivity contribution in [2.45, 2.75) is 19.4 Å². The Balaban J connectivity index is 1.41. The van der Waals surface area contributed by atoms with Crippen molar-refractivity contribution in [2.24, 2.45) is 0 Å². The number of aryl methyl sites for hydroxylation is 1. The lowest BCUT2D eigenvalue weighted by molar-refractivity contribution is 0.0953. The van der Waals surface area contributed by atoms with E-state index in [1.807, 2.05) is 59.3 Å². The second-order valence-corrected chi connectivity index (χ2v) is 7.95. The summed E-state index contributed by atoms with van der Waals surface area (Å²) in [6.07, 6.45) is 9.16. The van der Waals surface area contributed by atoms with Crippen LogP contribution in [0.5, 0.6) is 0 Å². The van der Waals surface area contributed by atoms with Crippen molar-refractivity contribution in [1.82, 2.24) is 24.8 Å². The molecular weight excluding hydrogens is 414 g/mol. The van der Waals surface area contributed by atoms with Crippen LogP contribution in [0.1, 0.15) is 28.9 Å². The number of hydrogen-bond donors (Lipinski definition) is 1. The lowest BCUT2D eigenvalue weighted by atomic mass is 10.0. The standard InChI is InChI=1S/C26H25N5O2/c32-26(28-11-4-13-31-14-12-27-18-31)21-7-8-22-23(17-21)30-24(19-5-2-1-3-6-19)25(29-22)20-9-15-33-16-10-20/h1-3,5-9,12,14,17-18H,4,10-11,13,15-16H2,(H,28,32). The van der Waals surface area contributed by atoms with Gasteiger partial charge in [-0.2, -0.15) is 0 Å². The number of rotatable bonds is 7. The molecule has 33 heavy (non-hydrogen) atoms. The fourth-order valence-corrected chi connectivity index (χ4v) is 3.94. The third kappa shape index (κ3) is 4.83. The van der Waals surface area contributed by atoms with Crippen molar-refractivity contribution in [2.75, 3.05) is 19.8 Å². The van der Waals surface area contributed by atoms with Crippen molar-refractivity contribution in [1.29, 1.82) is 0 Å². The minimum Gasteiger partial charge on any atom is -0.377 e. The lowest BCUT2D eigenvalue weighted by Gasteiger charge is -2.17. The van der Waals surface area contributed by atoms with E-state index in [2.05, 4.69) is 16.4 Å². The number of nitrogens with zero attached hydrogens (tertiary/aromatic N) is 4. The second-order valence-electron chi connectivity index (χ2n) is 7.95. The Kier molecular flexibility index (Phi) is 6.21. The molecule has 2 aromatic carbocycles. The zero-order valence-corrected chi connectivity index (χ0v) is 18.3. The van der Waals surface area contributed by atoms with Gasteiger partial charge >= 0.3 is 0 Å². The molecule has 1 aliphatic rings. The van der Waals surface area contributed by atoms with E-state index in [-0.39, 0.29) is 5.91 Å². The van der Waals surface area contributed by atoms with Gasteiger partial charge in [-0.25, -0.2) is 15.0 Å². The van der Waals surface area contributed by atoms with Crippen molar-refractivity contribution >= 4 is 22.5 Å². The lowest BCUT2D eigenvalue weighted by Crippen LogP contribution is -2.25. The van der Waals surface area contributed by atoms with Crippen LogP contribution in [0.25, 0.3) is 27.9 Å². The largest absolute Gasteiger partial charge is 0.377 e. The van der Waals surface area contributed by atoms with Crippen molar-refractivity contribution in [3.05, 3.63) is 84.6 Å². The van der Waals surface area contributed by atoms with Gasteiger partial charge < -0.3 is 14.6 Å². The summed E-state index contributed by atoms with van der Waals surface area (Å²) < 4.78 is 7.48. The van der Waals surface area contributed by atoms with E-state index in [1.165, 1.54) is 0 Å². The Labute approximate surface area is 192 Å². The van der Waals surface area contributed by atoms with Gasteiger partial charge in [0, 0.05) is 36.6 Å². The molecule has 4 aromatic rings. The molecule has 0 saturated carbocycles. The Morgan fingerprint density at radius 2 is 1.94 bits per heavy atom. The Bertz CT molecular complexity index is 1280. The summed E-state index contributed by atoms with van der Waals surface area (Å²) in [5, 5.41) is 2.99. The third-order valence-electron chi connectivity index (χ3n) is 5.68. The molecule has 0 aliphatic carbocycles. The van der Waals surface area contributed by atoms with E-state index in [0.29, 0.717) is 30.8 Å². The van der Waals surface area contributed by atoms with Crippen LogP contribution in [-0.4, -0.2) is 45.2 Å². The van der Waals surface area contributed by atoms with Crippen LogP contribution in [-0.2, 0) is 11.3 Å². The van der Waals surface area contributed by atoms with Gasteiger partial charge in [-0.05, 0) is 36.6 Å². The molecule has 7 nitrogen and oxygen atoms in total. The van der Waals surface area contributed by atoms with Crippen LogP contribution in [0.4, 0.5) is 0 Å². The number of ether oxygens (including phenoxy) is 1. The first-order chi connectivity index (χ1) is 16.3. The number of nitrogens with one attached hydrogen (secondary N) is 1. The van der Waals surface area contributed by atoms with Gasteiger partial charge in [-0.15, -0.1) is 0 Å². The summed E-state index contributed by atoms with van der Waals surface area (Å²) in [5.74, 6) is -0.109. The van der Waals surface area contributed by atoms with Crippen LogP contribution >= 0.6 is 0 Å². The van der Waals surface area contributed by atoms with Crippen molar-refractivity contribution in [3.8, 4) is 11.3 Å². The highest BCUT2D eigenvalue weighted by molar-refractivity contribution is 5.97. The molecule has 0 saturated heterocycles. The van der Waals surface area contributed by atoms with E-state index >= 15 is 0 Å². The highest BCUT2D eigenvalue weighted by atomic mass is 16.5. The fraction of sp³-hybridized carbons (Fsp3) is 0.231. The van der Waals surface area contributed by atoms with Crippen LogP contribution in [0.3, 0.4) is 0 Å². The molecule has 2 aromatic heterocycles. The van der Waals surface area contributed by atoms with E-state index < -0.39 is 0 Å². The quantitative estimate of drug-likeness (QED) is 0.438. The normalized spacial score (nSPS) is 13.6. The number of benzene rings is 2. The monoisotopic (exact) mass is 439 g/mol. The van der Waals surface area contributed by atoms with E-state index in [4.69, 9.17) is 14.7 Å². The molecule has 0 atom stereocenters. The summed E-state index contributed by atoms with van der Waals surface area (Å²) >= 11 is 0. The van der Waals surface area contributed by atoms with Crippen molar-refractivity contribution in [3.63, 3.8) is 0 Å². The summed E-state index contributed by atoms with van der Waals surface area (Å²) in [5.41, 5.74) is 5.92. The molecule has 0 bridgehead atoms. The van der Waals surface area contributed by atoms with Crippen molar-refractivity contribution < 1.29 is 9.53 Å². The van der Waals surface area contributed by atoms with Gasteiger partial charge in [0.25, 0.3) is 5.91 Å². The SMILES string of the molecule is O=C(NCCCn1ccnc1)c1ccc2nc(C3=CCOCC3)c(-c3ccccc3)nc2c1. The molecule has 7 heteroatoms. The van der Waals surface area contributed by atoms with Gasteiger partial charge in [-0.1, -0.05) is 36.4 Å². The Hall–Kier alpha value is -3.84. The minimum absolute atomic E-state index is 0.109. The fourth-order valence-electron chi connectivity index (χ4n) is 3.94. The smallest absolute Gasteiger partial charge is 0.251 e. The Morgan fingerprint density at radius 3 is 2.73 bits per heavy atom. The molecule has 0 spiro atoms. The van der Waals surface area contributed by atoms with Crippen LogP contribution in [0, 0.1) is 0 Å². The highest BCUT2D eigenvalue weighted by Gasteiger charge is 2.17. The third-order valence-corrected chi connectivity index (χ3v) is 5.68. The topological polar surface area (TPSA) is 81.9 Å². The first-order valence-electron chi connectivity index (χ1n) is 11.2. The number of fused-ring (bicyclic) bond motifs is 1.